The number of aliphatic hydroxyl groups is 1. The van der Waals surface area contributed by atoms with Gasteiger partial charge in [-0.15, -0.1) is 0 Å². The molecule has 0 rings (SSSR count). The predicted octanol–water partition coefficient (Wildman–Crippen LogP) is 1.21. The van der Waals surface area contributed by atoms with Crippen molar-refractivity contribution in [2.75, 3.05) is 51.6 Å². The first-order chi connectivity index (χ1) is 8.41. The maximum absolute atomic E-state index is 8.43. The molecule has 100 valence electrons. The number of alkyl halides is 1. The van der Waals surface area contributed by atoms with Gasteiger partial charge in [0.25, 0.3) is 0 Å². The van der Waals surface area contributed by atoms with E-state index in [9.17, 15) is 0 Å². The van der Waals surface area contributed by atoms with Crippen molar-refractivity contribution < 1.29 is 19.3 Å². The third-order valence-corrected chi connectivity index (χ3v) is 2.31. The molecule has 0 aliphatic heterocycles. The van der Waals surface area contributed by atoms with Gasteiger partial charge in [-0.05, 0) is 12.8 Å². The fourth-order valence-corrected chi connectivity index (χ4v) is 1.33. The molecular weight excluding hydrogens is 288 g/mol. The summed E-state index contributed by atoms with van der Waals surface area (Å²) in [7, 11) is 0. The predicted molar refractivity (Wildman–Crippen MR) is 70.3 cm³/mol. The highest BCUT2D eigenvalue weighted by atomic mass is 79.9. The van der Waals surface area contributed by atoms with Gasteiger partial charge in [-0.3, -0.25) is 0 Å². The zero-order valence-electron chi connectivity index (χ0n) is 10.1. The highest BCUT2D eigenvalue weighted by Gasteiger charge is 1.89. The van der Waals surface area contributed by atoms with Gasteiger partial charge in [-0.25, -0.2) is 0 Å². The minimum atomic E-state index is 0.0323. The minimum Gasteiger partial charge on any atom is -0.394 e. The first kappa shape index (κ1) is 16.9. The van der Waals surface area contributed by atoms with E-state index in [0.717, 1.165) is 24.8 Å². The molecule has 0 fully saturated rings. The molecule has 0 atom stereocenters. The summed E-state index contributed by atoms with van der Waals surface area (Å²) in [5.41, 5.74) is 0. The van der Waals surface area contributed by atoms with Crippen LogP contribution in [-0.2, 0) is 14.2 Å². The van der Waals surface area contributed by atoms with E-state index in [2.05, 4.69) is 27.8 Å². The summed E-state index contributed by atoms with van der Waals surface area (Å²) in [5.74, 6) is 5.60. The Balaban J connectivity index is 3.02. The molecule has 5 heteroatoms. The molecule has 0 heterocycles. The normalized spacial score (nSPS) is 10.0. The number of halogens is 1. The molecule has 0 amide bonds. The van der Waals surface area contributed by atoms with Crippen LogP contribution in [0, 0.1) is 11.8 Å². The standard InChI is InChI=1S/C12H21BrO4/c13-5-1-2-7-16-11-12-17-9-4-3-8-15-10-6-14/h14H,1-2,5-12H2. The quantitative estimate of drug-likeness (QED) is 0.354. The van der Waals surface area contributed by atoms with Gasteiger partial charge in [0.05, 0.1) is 26.4 Å². The van der Waals surface area contributed by atoms with Gasteiger partial charge in [0.1, 0.15) is 13.2 Å². The maximum atomic E-state index is 8.43. The summed E-state index contributed by atoms with van der Waals surface area (Å²) in [6.07, 6.45) is 2.22. The highest BCUT2D eigenvalue weighted by Crippen LogP contribution is 1.93. The van der Waals surface area contributed by atoms with Crippen LogP contribution in [0.3, 0.4) is 0 Å². The molecule has 0 aliphatic rings. The third-order valence-electron chi connectivity index (χ3n) is 1.75. The van der Waals surface area contributed by atoms with Crippen molar-refractivity contribution in [3.05, 3.63) is 0 Å². The van der Waals surface area contributed by atoms with E-state index in [-0.39, 0.29) is 6.61 Å². The Morgan fingerprint density at radius 1 is 0.824 bits per heavy atom. The first-order valence-electron chi connectivity index (χ1n) is 5.77. The van der Waals surface area contributed by atoms with E-state index in [4.69, 9.17) is 19.3 Å². The fraction of sp³-hybridized carbons (Fsp3) is 0.833. The number of hydrogen-bond acceptors (Lipinski definition) is 4. The highest BCUT2D eigenvalue weighted by molar-refractivity contribution is 9.09. The maximum Gasteiger partial charge on any atom is 0.107 e. The van der Waals surface area contributed by atoms with Crippen LogP contribution in [0.1, 0.15) is 12.8 Å². The topological polar surface area (TPSA) is 47.9 Å². The van der Waals surface area contributed by atoms with E-state index in [1.165, 1.54) is 0 Å². The number of rotatable bonds is 11. The monoisotopic (exact) mass is 308 g/mol. The van der Waals surface area contributed by atoms with Gasteiger partial charge in [0.2, 0.25) is 0 Å². The summed E-state index contributed by atoms with van der Waals surface area (Å²) in [4.78, 5) is 0. The van der Waals surface area contributed by atoms with E-state index >= 15 is 0 Å². The van der Waals surface area contributed by atoms with Crippen molar-refractivity contribution in [2.24, 2.45) is 0 Å². The summed E-state index contributed by atoms with van der Waals surface area (Å²) >= 11 is 3.36. The number of unbranched alkanes of at least 4 members (excludes halogenated alkanes) is 1. The molecule has 0 aromatic rings. The summed E-state index contributed by atoms with van der Waals surface area (Å²) in [6.45, 7) is 3.07. The Bertz CT molecular complexity index is 200. The van der Waals surface area contributed by atoms with E-state index < -0.39 is 0 Å². The lowest BCUT2D eigenvalue weighted by atomic mass is 10.4. The molecule has 0 aliphatic carbocycles. The number of aliphatic hydroxyl groups excluding tert-OH is 1. The second-order valence-electron chi connectivity index (χ2n) is 3.19. The molecule has 0 unspecified atom stereocenters. The molecule has 1 N–H and O–H groups in total. The number of ether oxygens (including phenoxy) is 3. The average Bonchev–Trinajstić information content (AvgIpc) is 2.35. The third kappa shape index (κ3) is 15.9. The molecule has 0 saturated heterocycles. The van der Waals surface area contributed by atoms with E-state index in [0.29, 0.717) is 33.0 Å². The van der Waals surface area contributed by atoms with Crippen molar-refractivity contribution in [2.45, 2.75) is 12.8 Å². The van der Waals surface area contributed by atoms with E-state index in [1.54, 1.807) is 0 Å². The van der Waals surface area contributed by atoms with Crippen molar-refractivity contribution in [3.63, 3.8) is 0 Å². The molecule has 0 aromatic heterocycles. The van der Waals surface area contributed by atoms with Crippen LogP contribution >= 0.6 is 15.9 Å². The van der Waals surface area contributed by atoms with Crippen LogP contribution in [-0.4, -0.2) is 56.7 Å². The largest absolute Gasteiger partial charge is 0.394 e. The van der Waals surface area contributed by atoms with Crippen molar-refractivity contribution >= 4 is 15.9 Å². The van der Waals surface area contributed by atoms with Crippen LogP contribution in [0.25, 0.3) is 0 Å². The van der Waals surface area contributed by atoms with Gasteiger partial charge in [0, 0.05) is 11.9 Å². The summed E-state index contributed by atoms with van der Waals surface area (Å²) in [5, 5.41) is 9.46. The van der Waals surface area contributed by atoms with Gasteiger partial charge in [-0.2, -0.15) is 0 Å². The van der Waals surface area contributed by atoms with Gasteiger partial charge in [0.15, 0.2) is 0 Å². The Morgan fingerprint density at radius 3 is 2.12 bits per heavy atom. The minimum absolute atomic E-state index is 0.0323. The Kier molecular flexibility index (Phi) is 15.8. The molecule has 4 nitrogen and oxygen atoms in total. The lowest BCUT2D eigenvalue weighted by Crippen LogP contribution is -2.05. The van der Waals surface area contributed by atoms with Crippen molar-refractivity contribution in [1.82, 2.24) is 0 Å². The molecule has 0 radical (unpaired) electrons. The van der Waals surface area contributed by atoms with Crippen molar-refractivity contribution in [3.8, 4) is 11.8 Å². The Hall–Kier alpha value is -0.120. The van der Waals surface area contributed by atoms with Crippen LogP contribution in [0.15, 0.2) is 0 Å². The van der Waals surface area contributed by atoms with Gasteiger partial charge >= 0.3 is 0 Å². The average molecular weight is 309 g/mol. The van der Waals surface area contributed by atoms with Crippen LogP contribution in [0.5, 0.6) is 0 Å². The fourth-order valence-electron chi connectivity index (χ4n) is 0.932. The second kappa shape index (κ2) is 15.9. The van der Waals surface area contributed by atoms with Gasteiger partial charge < -0.3 is 19.3 Å². The molecule has 0 aromatic carbocycles. The smallest absolute Gasteiger partial charge is 0.107 e. The molecule has 17 heavy (non-hydrogen) atoms. The van der Waals surface area contributed by atoms with E-state index in [1.807, 2.05) is 0 Å². The summed E-state index contributed by atoms with van der Waals surface area (Å²) < 4.78 is 15.5. The lowest BCUT2D eigenvalue weighted by Gasteiger charge is -2.02. The zero-order chi connectivity index (χ0) is 12.6. The molecular formula is C12H21BrO4. The Morgan fingerprint density at radius 2 is 1.47 bits per heavy atom. The Labute approximate surface area is 112 Å². The second-order valence-corrected chi connectivity index (χ2v) is 3.98. The van der Waals surface area contributed by atoms with Crippen LogP contribution in [0.4, 0.5) is 0 Å². The lowest BCUT2D eigenvalue weighted by molar-refractivity contribution is 0.0589. The van der Waals surface area contributed by atoms with Crippen LogP contribution in [0.2, 0.25) is 0 Å². The molecule has 0 spiro atoms. The van der Waals surface area contributed by atoms with Crippen molar-refractivity contribution in [1.29, 1.82) is 0 Å². The zero-order valence-corrected chi connectivity index (χ0v) is 11.7. The molecule has 0 bridgehead atoms. The van der Waals surface area contributed by atoms with Gasteiger partial charge in [-0.1, -0.05) is 27.8 Å². The summed E-state index contributed by atoms with van der Waals surface area (Å²) in [6, 6.07) is 0. The number of hydrogen-bond donors (Lipinski definition) is 1. The molecule has 0 saturated carbocycles. The first-order valence-corrected chi connectivity index (χ1v) is 6.89. The SMILES string of the molecule is OCCOCC#CCOCCOCCCCBr. The van der Waals surface area contributed by atoms with Crippen LogP contribution < -0.4 is 0 Å².